The Hall–Kier alpha value is -2.37. The average Bonchev–Trinajstić information content (AvgIpc) is 2.57. The van der Waals surface area contributed by atoms with E-state index in [1.165, 1.54) is 0 Å². The SMILES string of the molecule is CCCCCC(=O)N[C@@H](CCC(N)=O)C(=O)OCc1ccccc1. The standard InChI is InChI=1S/C18H26N2O4/c1-2-3-5-10-17(22)20-15(11-12-16(19)21)18(23)24-13-14-8-6-4-7-9-14/h4,6-9,15H,2-3,5,10-13H2,1H3,(H2,19,21)(H,20,22)/t15-/m0/s1. The van der Waals surface area contributed by atoms with E-state index in [0.717, 1.165) is 24.8 Å². The Morgan fingerprint density at radius 1 is 1.12 bits per heavy atom. The van der Waals surface area contributed by atoms with Crippen LogP contribution in [0.15, 0.2) is 30.3 Å². The number of hydrogen-bond donors (Lipinski definition) is 2. The van der Waals surface area contributed by atoms with E-state index in [2.05, 4.69) is 12.2 Å². The van der Waals surface area contributed by atoms with E-state index in [1.807, 2.05) is 30.3 Å². The van der Waals surface area contributed by atoms with E-state index in [0.29, 0.717) is 6.42 Å². The van der Waals surface area contributed by atoms with Gasteiger partial charge in [0.1, 0.15) is 12.6 Å². The van der Waals surface area contributed by atoms with E-state index in [4.69, 9.17) is 10.5 Å². The predicted molar refractivity (Wildman–Crippen MR) is 90.7 cm³/mol. The summed E-state index contributed by atoms with van der Waals surface area (Å²) in [6, 6.07) is 8.41. The minimum absolute atomic E-state index is 0.0142. The topological polar surface area (TPSA) is 98.5 Å². The van der Waals surface area contributed by atoms with Crippen molar-refractivity contribution in [1.29, 1.82) is 0 Å². The predicted octanol–water partition coefficient (Wildman–Crippen LogP) is 2.06. The number of primary amides is 1. The third-order valence-corrected chi connectivity index (χ3v) is 3.53. The molecule has 132 valence electrons. The number of carbonyl (C=O) groups is 3. The van der Waals surface area contributed by atoms with Crippen molar-refractivity contribution in [2.75, 3.05) is 0 Å². The van der Waals surface area contributed by atoms with Crippen molar-refractivity contribution in [1.82, 2.24) is 5.32 Å². The monoisotopic (exact) mass is 334 g/mol. The highest BCUT2D eigenvalue weighted by Crippen LogP contribution is 2.06. The van der Waals surface area contributed by atoms with Gasteiger partial charge in [-0.1, -0.05) is 50.1 Å². The van der Waals surface area contributed by atoms with Crippen LogP contribution in [-0.4, -0.2) is 23.8 Å². The fourth-order valence-corrected chi connectivity index (χ4v) is 2.17. The second-order valence-electron chi connectivity index (χ2n) is 5.68. The van der Waals surface area contributed by atoms with Crippen molar-refractivity contribution in [3.05, 3.63) is 35.9 Å². The van der Waals surface area contributed by atoms with Gasteiger partial charge < -0.3 is 15.8 Å². The Morgan fingerprint density at radius 2 is 1.83 bits per heavy atom. The molecule has 1 aromatic carbocycles. The van der Waals surface area contributed by atoms with Crippen molar-refractivity contribution in [2.24, 2.45) is 5.73 Å². The van der Waals surface area contributed by atoms with Gasteiger partial charge in [-0.15, -0.1) is 0 Å². The zero-order valence-corrected chi connectivity index (χ0v) is 14.1. The van der Waals surface area contributed by atoms with Crippen LogP contribution in [-0.2, 0) is 25.7 Å². The molecular weight excluding hydrogens is 308 g/mol. The lowest BCUT2D eigenvalue weighted by molar-refractivity contribution is -0.149. The number of ether oxygens (including phenoxy) is 1. The first-order valence-corrected chi connectivity index (χ1v) is 8.31. The van der Waals surface area contributed by atoms with Crippen LogP contribution < -0.4 is 11.1 Å². The Balaban J connectivity index is 2.54. The average molecular weight is 334 g/mol. The number of nitrogens with one attached hydrogen (secondary N) is 1. The van der Waals surface area contributed by atoms with Gasteiger partial charge in [-0.25, -0.2) is 4.79 Å². The molecule has 6 nitrogen and oxygen atoms in total. The quantitative estimate of drug-likeness (QED) is 0.478. The van der Waals surface area contributed by atoms with Gasteiger partial charge in [-0.3, -0.25) is 9.59 Å². The first-order chi connectivity index (χ1) is 11.5. The highest BCUT2D eigenvalue weighted by atomic mass is 16.5. The third-order valence-electron chi connectivity index (χ3n) is 3.53. The fourth-order valence-electron chi connectivity index (χ4n) is 2.17. The molecule has 1 aromatic rings. The zero-order chi connectivity index (χ0) is 17.8. The van der Waals surface area contributed by atoms with Crippen LogP contribution in [0.3, 0.4) is 0 Å². The largest absolute Gasteiger partial charge is 0.459 e. The summed E-state index contributed by atoms with van der Waals surface area (Å²) < 4.78 is 5.24. The number of esters is 1. The molecule has 2 amide bonds. The molecule has 6 heteroatoms. The van der Waals surface area contributed by atoms with Gasteiger partial charge in [0.05, 0.1) is 0 Å². The number of rotatable bonds is 11. The highest BCUT2D eigenvalue weighted by Gasteiger charge is 2.22. The fraction of sp³-hybridized carbons (Fsp3) is 0.500. The van der Waals surface area contributed by atoms with Gasteiger partial charge in [0.25, 0.3) is 0 Å². The maximum absolute atomic E-state index is 12.2. The molecule has 0 aliphatic rings. The first-order valence-electron chi connectivity index (χ1n) is 8.31. The lowest BCUT2D eigenvalue weighted by Crippen LogP contribution is -2.42. The molecule has 24 heavy (non-hydrogen) atoms. The molecule has 0 saturated heterocycles. The molecule has 0 spiro atoms. The Labute approximate surface area is 142 Å². The summed E-state index contributed by atoms with van der Waals surface area (Å²) in [5.74, 6) is -1.28. The molecule has 0 unspecified atom stereocenters. The van der Waals surface area contributed by atoms with Crippen LogP contribution in [0.4, 0.5) is 0 Å². The molecular formula is C18H26N2O4. The Kier molecular flexibility index (Phi) is 9.19. The lowest BCUT2D eigenvalue weighted by atomic mass is 10.1. The van der Waals surface area contributed by atoms with Gasteiger partial charge in [-0.05, 0) is 18.4 Å². The van der Waals surface area contributed by atoms with Gasteiger partial charge >= 0.3 is 5.97 Å². The summed E-state index contributed by atoms with van der Waals surface area (Å²) >= 11 is 0. The summed E-state index contributed by atoms with van der Waals surface area (Å²) in [4.78, 5) is 35.1. The van der Waals surface area contributed by atoms with Crippen molar-refractivity contribution in [2.45, 2.75) is 58.1 Å². The van der Waals surface area contributed by atoms with Crippen LogP contribution in [0.1, 0.15) is 51.0 Å². The molecule has 1 rings (SSSR count). The molecule has 3 N–H and O–H groups in total. The summed E-state index contributed by atoms with van der Waals surface area (Å²) in [5, 5.41) is 2.65. The molecule has 0 aliphatic heterocycles. The number of unbranched alkanes of at least 4 members (excludes halogenated alkanes) is 2. The summed E-state index contributed by atoms with van der Waals surface area (Å²) in [6.07, 6.45) is 3.24. The molecule has 0 aliphatic carbocycles. The number of nitrogens with two attached hydrogens (primary N) is 1. The maximum atomic E-state index is 12.2. The highest BCUT2D eigenvalue weighted by molar-refractivity contribution is 5.85. The van der Waals surface area contributed by atoms with Crippen LogP contribution in [0, 0.1) is 0 Å². The van der Waals surface area contributed by atoms with Crippen LogP contribution in [0.5, 0.6) is 0 Å². The van der Waals surface area contributed by atoms with Gasteiger partial charge in [0.2, 0.25) is 11.8 Å². The molecule has 0 fully saturated rings. The van der Waals surface area contributed by atoms with Crippen LogP contribution in [0.2, 0.25) is 0 Å². The maximum Gasteiger partial charge on any atom is 0.328 e. The van der Waals surface area contributed by atoms with Crippen LogP contribution >= 0.6 is 0 Å². The van der Waals surface area contributed by atoms with E-state index in [9.17, 15) is 14.4 Å². The second kappa shape index (κ2) is 11.2. The normalized spacial score (nSPS) is 11.5. The number of hydrogen-bond acceptors (Lipinski definition) is 4. The second-order valence-corrected chi connectivity index (χ2v) is 5.68. The van der Waals surface area contributed by atoms with E-state index in [1.54, 1.807) is 0 Å². The third kappa shape index (κ3) is 8.31. The molecule has 0 heterocycles. The van der Waals surface area contributed by atoms with Crippen molar-refractivity contribution >= 4 is 17.8 Å². The molecule has 0 saturated carbocycles. The van der Waals surface area contributed by atoms with Crippen molar-refractivity contribution in [3.8, 4) is 0 Å². The zero-order valence-electron chi connectivity index (χ0n) is 14.1. The Morgan fingerprint density at radius 3 is 2.46 bits per heavy atom. The molecule has 0 bridgehead atoms. The lowest BCUT2D eigenvalue weighted by Gasteiger charge is -2.17. The first kappa shape index (κ1) is 19.7. The van der Waals surface area contributed by atoms with Crippen molar-refractivity contribution < 1.29 is 19.1 Å². The minimum Gasteiger partial charge on any atom is -0.459 e. The van der Waals surface area contributed by atoms with Gasteiger partial charge in [0.15, 0.2) is 0 Å². The van der Waals surface area contributed by atoms with Crippen LogP contribution in [0.25, 0.3) is 0 Å². The summed E-state index contributed by atoms with van der Waals surface area (Å²) in [6.45, 7) is 2.17. The van der Waals surface area contributed by atoms with Crippen molar-refractivity contribution in [3.63, 3.8) is 0 Å². The molecule has 0 aromatic heterocycles. The smallest absolute Gasteiger partial charge is 0.328 e. The van der Waals surface area contributed by atoms with Gasteiger partial charge in [-0.2, -0.15) is 0 Å². The summed E-state index contributed by atoms with van der Waals surface area (Å²) in [7, 11) is 0. The van der Waals surface area contributed by atoms with E-state index >= 15 is 0 Å². The number of carbonyl (C=O) groups excluding carboxylic acids is 3. The molecule has 1 atom stereocenters. The Bertz CT molecular complexity index is 531. The van der Waals surface area contributed by atoms with E-state index < -0.39 is 17.9 Å². The summed E-state index contributed by atoms with van der Waals surface area (Å²) in [5.41, 5.74) is 5.99. The molecule has 0 radical (unpaired) electrons. The number of amides is 2. The number of benzene rings is 1. The van der Waals surface area contributed by atoms with E-state index in [-0.39, 0.29) is 25.4 Å². The minimum atomic E-state index is -0.852. The van der Waals surface area contributed by atoms with Gasteiger partial charge in [0, 0.05) is 12.8 Å².